The van der Waals surface area contributed by atoms with Crippen molar-refractivity contribution in [2.24, 2.45) is 0 Å². The van der Waals surface area contributed by atoms with E-state index < -0.39 is 18.2 Å². The van der Waals surface area contributed by atoms with E-state index in [0.717, 1.165) is 0 Å². The second-order valence-electron chi connectivity index (χ2n) is 6.47. The molecule has 1 fully saturated rings. The highest BCUT2D eigenvalue weighted by Gasteiger charge is 2.46. The number of fused-ring (bicyclic) bond motifs is 1. The molecule has 1 heterocycles. The van der Waals surface area contributed by atoms with Gasteiger partial charge in [-0.3, -0.25) is 0 Å². The summed E-state index contributed by atoms with van der Waals surface area (Å²) in [5.74, 6) is -3.07. The number of ether oxygens (including phenoxy) is 1. The smallest absolute Gasteiger partial charge is 0.359 e. The van der Waals surface area contributed by atoms with E-state index in [1.165, 1.54) is 12.1 Å². The Hall–Kier alpha value is -1.68. The molecule has 0 N–H and O–H groups in total. The standard InChI is InChI=1S/C17H16F5NO/c18-16(19)4-1-2-10(3-5-16)13-7-14-12(6-11(13)8-23)9-24-15(14)17(20,21)22/h6-7,10,15H,1-5,9H2. The van der Waals surface area contributed by atoms with Gasteiger partial charge in [0.05, 0.1) is 18.2 Å². The molecule has 130 valence electrons. The minimum atomic E-state index is -4.53. The molecule has 1 aromatic carbocycles. The largest absolute Gasteiger partial charge is 0.418 e. The summed E-state index contributed by atoms with van der Waals surface area (Å²) < 4.78 is 71.1. The van der Waals surface area contributed by atoms with Crippen LogP contribution in [-0.4, -0.2) is 12.1 Å². The molecule has 3 rings (SSSR count). The van der Waals surface area contributed by atoms with E-state index in [4.69, 9.17) is 4.74 Å². The first-order chi connectivity index (χ1) is 11.2. The summed E-state index contributed by atoms with van der Waals surface area (Å²) in [4.78, 5) is 0. The predicted octanol–water partition coefficient (Wildman–Crippen LogP) is 5.37. The van der Waals surface area contributed by atoms with Crippen LogP contribution in [0.1, 0.15) is 66.4 Å². The number of rotatable bonds is 1. The van der Waals surface area contributed by atoms with Gasteiger partial charge in [0.2, 0.25) is 5.92 Å². The summed E-state index contributed by atoms with van der Waals surface area (Å²) in [6.07, 6.45) is -6.17. The third-order valence-corrected chi connectivity index (χ3v) is 4.81. The number of halogens is 5. The van der Waals surface area contributed by atoms with Gasteiger partial charge in [-0.25, -0.2) is 8.78 Å². The van der Waals surface area contributed by atoms with Crippen LogP contribution in [0.4, 0.5) is 22.0 Å². The maximum Gasteiger partial charge on any atom is 0.418 e. The molecule has 2 unspecified atom stereocenters. The molecule has 1 saturated carbocycles. The third kappa shape index (κ3) is 3.25. The normalized spacial score (nSPS) is 26.5. The highest BCUT2D eigenvalue weighted by Crippen LogP contribution is 2.46. The minimum absolute atomic E-state index is 0.00695. The zero-order chi connectivity index (χ0) is 17.5. The molecule has 2 atom stereocenters. The highest BCUT2D eigenvalue weighted by atomic mass is 19.4. The Balaban J connectivity index is 1.98. The Morgan fingerprint density at radius 2 is 1.88 bits per heavy atom. The van der Waals surface area contributed by atoms with E-state index in [-0.39, 0.29) is 42.9 Å². The topological polar surface area (TPSA) is 33.0 Å². The van der Waals surface area contributed by atoms with Gasteiger partial charge in [-0.05, 0) is 47.9 Å². The zero-order valence-electron chi connectivity index (χ0n) is 12.8. The van der Waals surface area contributed by atoms with Gasteiger partial charge in [0.1, 0.15) is 0 Å². The fourth-order valence-electron chi connectivity index (χ4n) is 3.59. The second-order valence-corrected chi connectivity index (χ2v) is 6.47. The van der Waals surface area contributed by atoms with E-state index >= 15 is 0 Å². The SMILES string of the molecule is N#Cc1cc2c(cc1C1CCCC(F)(F)CC1)C(C(F)(F)F)OC2. The van der Waals surface area contributed by atoms with Gasteiger partial charge in [-0.1, -0.05) is 6.07 Å². The summed E-state index contributed by atoms with van der Waals surface area (Å²) in [6.45, 7) is -0.197. The van der Waals surface area contributed by atoms with Gasteiger partial charge >= 0.3 is 6.18 Å². The molecule has 1 aliphatic heterocycles. The minimum Gasteiger partial charge on any atom is -0.359 e. The van der Waals surface area contributed by atoms with E-state index in [2.05, 4.69) is 0 Å². The van der Waals surface area contributed by atoms with Crippen molar-refractivity contribution in [1.29, 1.82) is 5.26 Å². The number of nitrogens with zero attached hydrogens (tertiary/aromatic N) is 1. The molecule has 0 bridgehead atoms. The summed E-state index contributed by atoms with van der Waals surface area (Å²) in [5.41, 5.74) is 1.05. The van der Waals surface area contributed by atoms with Gasteiger partial charge in [-0.15, -0.1) is 0 Å². The van der Waals surface area contributed by atoms with Crippen molar-refractivity contribution < 1.29 is 26.7 Å². The number of benzene rings is 1. The molecule has 0 saturated heterocycles. The first kappa shape index (κ1) is 17.2. The molecule has 1 aromatic rings. The number of hydrogen-bond acceptors (Lipinski definition) is 2. The van der Waals surface area contributed by atoms with E-state index in [1.54, 1.807) is 0 Å². The summed E-state index contributed by atoms with van der Waals surface area (Å²) in [6, 6.07) is 4.76. The molecular weight excluding hydrogens is 329 g/mol. The van der Waals surface area contributed by atoms with Crippen molar-refractivity contribution in [3.63, 3.8) is 0 Å². The molecule has 2 nitrogen and oxygen atoms in total. The molecular formula is C17H16F5NO. The number of alkyl halides is 5. The van der Waals surface area contributed by atoms with Crippen molar-refractivity contribution >= 4 is 0 Å². The van der Waals surface area contributed by atoms with Crippen LogP contribution in [0.3, 0.4) is 0 Å². The highest BCUT2D eigenvalue weighted by molar-refractivity contribution is 5.48. The lowest BCUT2D eigenvalue weighted by atomic mass is 9.85. The molecule has 0 radical (unpaired) electrons. The zero-order valence-corrected chi connectivity index (χ0v) is 12.8. The Morgan fingerprint density at radius 1 is 1.12 bits per heavy atom. The Bertz CT molecular complexity index is 677. The Morgan fingerprint density at radius 3 is 2.54 bits per heavy atom. The lowest BCUT2D eigenvalue weighted by molar-refractivity contribution is -0.219. The van der Waals surface area contributed by atoms with Crippen LogP contribution in [-0.2, 0) is 11.3 Å². The predicted molar refractivity (Wildman–Crippen MR) is 75.5 cm³/mol. The van der Waals surface area contributed by atoms with Crippen molar-refractivity contribution in [2.75, 3.05) is 0 Å². The van der Waals surface area contributed by atoms with E-state index in [0.29, 0.717) is 24.0 Å². The average molecular weight is 345 g/mol. The van der Waals surface area contributed by atoms with Crippen LogP contribution in [0.15, 0.2) is 12.1 Å². The third-order valence-electron chi connectivity index (χ3n) is 4.81. The summed E-state index contributed by atoms with van der Waals surface area (Å²) >= 11 is 0. The lowest BCUT2D eigenvalue weighted by Crippen LogP contribution is -2.20. The molecule has 24 heavy (non-hydrogen) atoms. The van der Waals surface area contributed by atoms with Gasteiger partial charge in [-0.2, -0.15) is 18.4 Å². The van der Waals surface area contributed by atoms with Crippen molar-refractivity contribution in [3.05, 3.63) is 34.4 Å². The second kappa shape index (κ2) is 5.99. The van der Waals surface area contributed by atoms with Crippen molar-refractivity contribution in [1.82, 2.24) is 0 Å². The molecule has 2 aliphatic rings. The fourth-order valence-corrected chi connectivity index (χ4v) is 3.59. The molecule has 0 spiro atoms. The lowest BCUT2D eigenvalue weighted by Gasteiger charge is -2.20. The van der Waals surface area contributed by atoms with Gasteiger partial charge in [0.25, 0.3) is 0 Å². The summed E-state index contributed by atoms with van der Waals surface area (Å²) in [7, 11) is 0. The maximum atomic E-state index is 13.5. The summed E-state index contributed by atoms with van der Waals surface area (Å²) in [5, 5.41) is 9.32. The van der Waals surface area contributed by atoms with Crippen LogP contribution in [0, 0.1) is 11.3 Å². The number of nitriles is 1. The first-order valence-corrected chi connectivity index (χ1v) is 7.84. The van der Waals surface area contributed by atoms with E-state index in [1.807, 2.05) is 6.07 Å². The molecule has 7 heteroatoms. The quantitative estimate of drug-likeness (QED) is 0.506. The van der Waals surface area contributed by atoms with Crippen molar-refractivity contribution in [2.45, 2.75) is 62.8 Å². The van der Waals surface area contributed by atoms with Crippen LogP contribution in [0.5, 0.6) is 0 Å². The van der Waals surface area contributed by atoms with Crippen LogP contribution < -0.4 is 0 Å². The van der Waals surface area contributed by atoms with Gasteiger partial charge < -0.3 is 4.74 Å². The van der Waals surface area contributed by atoms with Crippen molar-refractivity contribution in [3.8, 4) is 6.07 Å². The molecule has 1 aliphatic carbocycles. The Labute approximate surface area is 136 Å². The van der Waals surface area contributed by atoms with Crippen LogP contribution in [0.2, 0.25) is 0 Å². The molecule has 0 amide bonds. The van der Waals surface area contributed by atoms with E-state index in [9.17, 15) is 27.2 Å². The number of hydrogen-bond donors (Lipinski definition) is 0. The van der Waals surface area contributed by atoms with Gasteiger partial charge in [0, 0.05) is 12.8 Å². The average Bonchev–Trinajstić information content (AvgIpc) is 2.83. The fraction of sp³-hybridized carbons (Fsp3) is 0.588. The Kier molecular flexibility index (Phi) is 4.28. The van der Waals surface area contributed by atoms with Gasteiger partial charge in [0.15, 0.2) is 6.10 Å². The first-order valence-electron chi connectivity index (χ1n) is 7.84. The van der Waals surface area contributed by atoms with Crippen LogP contribution >= 0.6 is 0 Å². The van der Waals surface area contributed by atoms with Crippen LogP contribution in [0.25, 0.3) is 0 Å². The monoisotopic (exact) mass is 345 g/mol. The maximum absolute atomic E-state index is 13.5. The molecule has 0 aromatic heterocycles.